The maximum atomic E-state index is 13.4. The van der Waals surface area contributed by atoms with Crippen molar-refractivity contribution in [1.29, 1.82) is 0 Å². The van der Waals surface area contributed by atoms with E-state index in [1.807, 2.05) is 30.3 Å². The van der Waals surface area contributed by atoms with E-state index in [-0.39, 0.29) is 24.5 Å². The average molecular weight is 396 g/mol. The Bertz CT molecular complexity index is 874. The quantitative estimate of drug-likeness (QED) is 0.709. The number of aryl methyl sites for hydroxylation is 1. The van der Waals surface area contributed by atoms with Gasteiger partial charge in [0.15, 0.2) is 11.6 Å². The van der Waals surface area contributed by atoms with Crippen molar-refractivity contribution in [2.75, 3.05) is 23.7 Å². The first-order valence-electron chi connectivity index (χ1n) is 8.53. The molecular formula is C19H22F2N2O3S. The van der Waals surface area contributed by atoms with Crippen LogP contribution in [-0.4, -0.2) is 33.2 Å². The van der Waals surface area contributed by atoms with E-state index in [4.69, 9.17) is 0 Å². The highest BCUT2D eigenvalue weighted by atomic mass is 32.2. The highest BCUT2D eigenvalue weighted by Crippen LogP contribution is 2.18. The van der Waals surface area contributed by atoms with Crippen LogP contribution in [0.1, 0.15) is 18.9 Å². The first-order chi connectivity index (χ1) is 12.8. The lowest BCUT2D eigenvalue weighted by Gasteiger charge is -2.21. The molecule has 0 radical (unpaired) electrons. The van der Waals surface area contributed by atoms with E-state index in [2.05, 4.69) is 4.72 Å². The minimum absolute atomic E-state index is 0.0122. The smallest absolute Gasteiger partial charge is 0.223 e. The maximum Gasteiger partial charge on any atom is 0.223 e. The van der Waals surface area contributed by atoms with Crippen molar-refractivity contribution in [3.63, 3.8) is 0 Å². The Morgan fingerprint density at radius 3 is 2.41 bits per heavy atom. The van der Waals surface area contributed by atoms with Crippen LogP contribution in [0, 0.1) is 11.6 Å². The first-order valence-corrected chi connectivity index (χ1v) is 10.2. The number of amides is 1. The molecule has 0 aliphatic rings. The van der Waals surface area contributed by atoms with Gasteiger partial charge in [-0.3, -0.25) is 4.79 Å². The fourth-order valence-electron chi connectivity index (χ4n) is 2.62. The molecule has 0 aromatic heterocycles. The first kappa shape index (κ1) is 21.0. The lowest BCUT2D eigenvalue weighted by Crippen LogP contribution is -2.38. The minimum atomic E-state index is -3.49. The molecule has 5 nitrogen and oxygen atoms in total. The average Bonchev–Trinajstić information content (AvgIpc) is 2.62. The van der Waals surface area contributed by atoms with Crippen LogP contribution in [0.5, 0.6) is 0 Å². The van der Waals surface area contributed by atoms with Gasteiger partial charge in [0.1, 0.15) is 0 Å². The summed E-state index contributed by atoms with van der Waals surface area (Å²) in [5.74, 6) is -2.52. The lowest BCUT2D eigenvalue weighted by molar-refractivity contribution is -0.116. The summed E-state index contributed by atoms with van der Waals surface area (Å²) in [6.07, 6.45) is 1.12. The van der Waals surface area contributed by atoms with Crippen molar-refractivity contribution < 1.29 is 22.0 Å². The molecule has 1 N–H and O–H groups in total. The highest BCUT2D eigenvalue weighted by molar-refractivity contribution is 7.89. The van der Waals surface area contributed by atoms with Crippen LogP contribution < -0.4 is 9.62 Å². The Labute approximate surface area is 158 Å². The number of carbonyl (C=O) groups excluding carboxylic acids is 1. The number of hydrogen-bond donors (Lipinski definition) is 1. The van der Waals surface area contributed by atoms with Gasteiger partial charge in [-0.05, 0) is 30.5 Å². The normalized spacial score (nSPS) is 11.4. The zero-order chi connectivity index (χ0) is 19.9. The molecule has 0 aliphatic heterocycles. The van der Waals surface area contributed by atoms with Crippen LogP contribution in [0.15, 0.2) is 48.5 Å². The molecule has 0 spiro atoms. The third-order valence-electron chi connectivity index (χ3n) is 3.97. The molecule has 146 valence electrons. The van der Waals surface area contributed by atoms with Crippen molar-refractivity contribution in [1.82, 2.24) is 4.72 Å². The van der Waals surface area contributed by atoms with Gasteiger partial charge in [-0.2, -0.15) is 0 Å². The van der Waals surface area contributed by atoms with Crippen molar-refractivity contribution in [3.8, 4) is 0 Å². The molecule has 2 aromatic rings. The Kier molecular flexibility index (Phi) is 7.44. The van der Waals surface area contributed by atoms with Gasteiger partial charge in [0.25, 0.3) is 0 Å². The van der Waals surface area contributed by atoms with Crippen molar-refractivity contribution in [2.24, 2.45) is 0 Å². The number of nitrogens with one attached hydrogen (secondary N) is 1. The van der Waals surface area contributed by atoms with Gasteiger partial charge in [-0.25, -0.2) is 21.9 Å². The number of benzene rings is 2. The number of anilines is 1. The summed E-state index contributed by atoms with van der Waals surface area (Å²) < 4.78 is 53.0. The Morgan fingerprint density at radius 1 is 1.07 bits per heavy atom. The van der Waals surface area contributed by atoms with Crippen LogP contribution in [0.3, 0.4) is 0 Å². The fourth-order valence-corrected chi connectivity index (χ4v) is 3.69. The van der Waals surface area contributed by atoms with Gasteiger partial charge in [-0.1, -0.05) is 30.3 Å². The molecular weight excluding hydrogens is 374 g/mol. The van der Waals surface area contributed by atoms with E-state index in [1.54, 1.807) is 0 Å². The monoisotopic (exact) mass is 396 g/mol. The molecule has 0 bridgehead atoms. The lowest BCUT2D eigenvalue weighted by atomic mass is 10.1. The molecule has 1 amide bonds. The number of halogens is 2. The molecule has 0 saturated heterocycles. The summed E-state index contributed by atoms with van der Waals surface area (Å²) in [6.45, 7) is 1.26. The van der Waals surface area contributed by atoms with Crippen molar-refractivity contribution in [3.05, 3.63) is 65.7 Å². The number of hydrogen-bond acceptors (Lipinski definition) is 3. The third kappa shape index (κ3) is 6.73. The van der Waals surface area contributed by atoms with Crippen LogP contribution in [0.25, 0.3) is 0 Å². The molecule has 2 aromatic carbocycles. The van der Waals surface area contributed by atoms with Gasteiger partial charge >= 0.3 is 0 Å². The molecule has 0 fully saturated rings. The minimum Gasteiger partial charge on any atom is -0.311 e. The molecule has 0 unspecified atom stereocenters. The second-order valence-corrected chi connectivity index (χ2v) is 8.00. The zero-order valence-corrected chi connectivity index (χ0v) is 15.8. The van der Waals surface area contributed by atoms with E-state index >= 15 is 0 Å². The summed E-state index contributed by atoms with van der Waals surface area (Å²) in [5, 5.41) is 0. The van der Waals surface area contributed by atoms with Gasteiger partial charge in [0.2, 0.25) is 15.9 Å². The standard InChI is InChI=1S/C19H22F2N2O3S/c1-15(24)23(17-9-10-18(20)19(21)14-17)12-11-22-27(25,26)13-5-8-16-6-3-2-4-7-16/h2-4,6-7,9-10,14,22H,5,8,11-13H2,1H3. The highest BCUT2D eigenvalue weighted by Gasteiger charge is 2.16. The summed E-state index contributed by atoms with van der Waals surface area (Å²) in [5.41, 5.74) is 1.23. The van der Waals surface area contributed by atoms with E-state index in [0.717, 1.165) is 17.7 Å². The summed E-state index contributed by atoms with van der Waals surface area (Å²) >= 11 is 0. The van der Waals surface area contributed by atoms with Crippen LogP contribution >= 0.6 is 0 Å². The van der Waals surface area contributed by atoms with Crippen molar-refractivity contribution in [2.45, 2.75) is 19.8 Å². The van der Waals surface area contributed by atoms with E-state index < -0.39 is 27.6 Å². The van der Waals surface area contributed by atoms with Crippen LogP contribution in [0.2, 0.25) is 0 Å². The van der Waals surface area contributed by atoms with Gasteiger partial charge < -0.3 is 4.90 Å². The second kappa shape index (κ2) is 9.57. The topological polar surface area (TPSA) is 66.5 Å². The molecule has 2 rings (SSSR count). The van der Waals surface area contributed by atoms with E-state index in [1.165, 1.54) is 17.9 Å². The van der Waals surface area contributed by atoms with E-state index in [9.17, 15) is 22.0 Å². The second-order valence-electron chi connectivity index (χ2n) is 6.07. The number of rotatable bonds is 9. The maximum absolute atomic E-state index is 13.4. The molecule has 27 heavy (non-hydrogen) atoms. The van der Waals surface area contributed by atoms with E-state index in [0.29, 0.717) is 12.8 Å². The Morgan fingerprint density at radius 2 is 1.78 bits per heavy atom. The van der Waals surface area contributed by atoms with Gasteiger partial charge in [0.05, 0.1) is 5.75 Å². The molecule has 0 atom stereocenters. The number of sulfonamides is 1. The van der Waals surface area contributed by atoms with Crippen molar-refractivity contribution >= 4 is 21.6 Å². The predicted octanol–water partition coefficient (Wildman–Crippen LogP) is 2.87. The van der Waals surface area contributed by atoms with Gasteiger partial charge in [0, 0.05) is 31.8 Å². The molecule has 0 heterocycles. The summed E-state index contributed by atoms with van der Waals surface area (Å²) in [7, 11) is -3.49. The Hall–Kier alpha value is -2.32. The number of nitrogens with zero attached hydrogens (tertiary/aromatic N) is 1. The van der Waals surface area contributed by atoms with Crippen LogP contribution in [-0.2, 0) is 21.2 Å². The Balaban J connectivity index is 1.86. The molecule has 0 saturated carbocycles. The molecule has 0 aliphatic carbocycles. The summed E-state index contributed by atoms with van der Waals surface area (Å²) in [4.78, 5) is 12.9. The fraction of sp³-hybridized carbons (Fsp3) is 0.316. The predicted molar refractivity (Wildman–Crippen MR) is 101 cm³/mol. The number of carbonyl (C=O) groups is 1. The van der Waals surface area contributed by atoms with Gasteiger partial charge in [-0.15, -0.1) is 0 Å². The summed E-state index contributed by atoms with van der Waals surface area (Å²) in [6, 6.07) is 12.7. The SMILES string of the molecule is CC(=O)N(CCNS(=O)(=O)CCCc1ccccc1)c1ccc(F)c(F)c1. The third-order valence-corrected chi connectivity index (χ3v) is 5.44. The molecule has 8 heteroatoms. The van der Waals surface area contributed by atoms with Crippen LogP contribution in [0.4, 0.5) is 14.5 Å². The largest absolute Gasteiger partial charge is 0.311 e. The zero-order valence-electron chi connectivity index (χ0n) is 15.0.